The maximum absolute atomic E-state index is 12.2. The van der Waals surface area contributed by atoms with Crippen molar-refractivity contribution in [3.05, 3.63) is 52.8 Å². The number of benzene rings is 1. The summed E-state index contributed by atoms with van der Waals surface area (Å²) in [6.45, 7) is 5.63. The molecule has 0 radical (unpaired) electrons. The average Bonchev–Trinajstić information content (AvgIpc) is 3.07. The number of anilines is 1. The molecule has 1 amide bonds. The monoisotopic (exact) mass is 325 g/mol. The van der Waals surface area contributed by atoms with Crippen molar-refractivity contribution in [1.82, 2.24) is 20.2 Å². The quantitative estimate of drug-likeness (QED) is 0.877. The van der Waals surface area contributed by atoms with Gasteiger partial charge in [0, 0.05) is 19.3 Å². The van der Waals surface area contributed by atoms with Crippen molar-refractivity contribution in [2.24, 2.45) is 0 Å². The molecule has 0 spiro atoms. The number of likely N-dealkylation sites (tertiary alicyclic amines) is 1. The molecule has 0 saturated carbocycles. The Bertz CT molecular complexity index is 708. The summed E-state index contributed by atoms with van der Waals surface area (Å²) in [4.78, 5) is 22.6. The summed E-state index contributed by atoms with van der Waals surface area (Å²) in [6.07, 6.45) is 4.07. The van der Waals surface area contributed by atoms with Crippen LogP contribution >= 0.6 is 0 Å². The number of aryl methyl sites for hydroxylation is 1. The Labute approximate surface area is 142 Å². The molecular weight excluding hydrogens is 302 g/mol. The van der Waals surface area contributed by atoms with Crippen LogP contribution < -0.4 is 11.1 Å². The van der Waals surface area contributed by atoms with Crippen molar-refractivity contribution in [3.63, 3.8) is 0 Å². The predicted octanol–water partition coefficient (Wildman–Crippen LogP) is 1.89. The van der Waals surface area contributed by atoms with Gasteiger partial charge < -0.3 is 11.1 Å². The van der Waals surface area contributed by atoms with Crippen LogP contribution in [0.15, 0.2) is 30.5 Å². The number of nitrogen functional groups attached to an aromatic ring is 1. The van der Waals surface area contributed by atoms with Gasteiger partial charge in [0.25, 0.3) is 5.91 Å². The summed E-state index contributed by atoms with van der Waals surface area (Å²) in [5.74, 6) is -0.00807. The molecule has 24 heavy (non-hydrogen) atoms. The average molecular weight is 325 g/mol. The van der Waals surface area contributed by atoms with E-state index in [2.05, 4.69) is 44.5 Å². The number of nitrogens with one attached hydrogen (secondary N) is 1. The second-order valence-electron chi connectivity index (χ2n) is 6.21. The van der Waals surface area contributed by atoms with Gasteiger partial charge in [0.2, 0.25) is 5.95 Å². The zero-order valence-corrected chi connectivity index (χ0v) is 14.0. The third kappa shape index (κ3) is 4.08. The molecule has 126 valence electrons. The number of hydrogen-bond donors (Lipinski definition) is 2. The van der Waals surface area contributed by atoms with Crippen LogP contribution in [0.2, 0.25) is 0 Å². The van der Waals surface area contributed by atoms with Crippen LogP contribution in [0.5, 0.6) is 0 Å². The lowest BCUT2D eigenvalue weighted by molar-refractivity contribution is 0.0949. The molecule has 1 aliphatic rings. The van der Waals surface area contributed by atoms with Crippen LogP contribution in [-0.4, -0.2) is 33.9 Å². The highest BCUT2D eigenvalue weighted by molar-refractivity contribution is 5.94. The standard InChI is InChI=1S/C18H23N5O/c1-13-16(11-21-18(19)22-13)17(24)20-10-14-4-6-15(7-5-14)12-23-8-2-3-9-23/h4-7,11H,2-3,8-10,12H2,1H3,(H,20,24)(H2,19,21,22). The first-order valence-electron chi connectivity index (χ1n) is 8.29. The van der Waals surface area contributed by atoms with Gasteiger partial charge in [-0.15, -0.1) is 0 Å². The Morgan fingerprint density at radius 2 is 1.88 bits per heavy atom. The third-order valence-electron chi connectivity index (χ3n) is 4.32. The lowest BCUT2D eigenvalue weighted by Gasteiger charge is -2.14. The zero-order valence-electron chi connectivity index (χ0n) is 14.0. The number of nitrogens with two attached hydrogens (primary N) is 1. The van der Waals surface area contributed by atoms with Crippen LogP contribution in [0, 0.1) is 6.92 Å². The van der Waals surface area contributed by atoms with Crippen LogP contribution in [0.3, 0.4) is 0 Å². The molecule has 6 heteroatoms. The third-order valence-corrected chi connectivity index (χ3v) is 4.32. The Balaban J connectivity index is 1.55. The topological polar surface area (TPSA) is 84.1 Å². The Morgan fingerprint density at radius 3 is 2.54 bits per heavy atom. The van der Waals surface area contributed by atoms with E-state index in [1.807, 2.05) is 0 Å². The first kappa shape index (κ1) is 16.4. The molecule has 0 bridgehead atoms. The van der Waals surface area contributed by atoms with Gasteiger partial charge in [-0.2, -0.15) is 0 Å². The number of nitrogens with zero attached hydrogens (tertiary/aromatic N) is 3. The van der Waals surface area contributed by atoms with Crippen molar-refractivity contribution in [2.45, 2.75) is 32.9 Å². The zero-order chi connectivity index (χ0) is 16.9. The van der Waals surface area contributed by atoms with Crippen molar-refractivity contribution in [3.8, 4) is 0 Å². The summed E-state index contributed by atoms with van der Waals surface area (Å²) in [5, 5.41) is 2.90. The van der Waals surface area contributed by atoms with Gasteiger partial charge in [0.1, 0.15) is 0 Å². The minimum absolute atomic E-state index is 0.178. The number of amides is 1. The Morgan fingerprint density at radius 1 is 1.21 bits per heavy atom. The number of rotatable bonds is 5. The van der Waals surface area contributed by atoms with Gasteiger partial charge in [0.05, 0.1) is 11.3 Å². The van der Waals surface area contributed by atoms with Crippen LogP contribution in [0.25, 0.3) is 0 Å². The number of carbonyl (C=O) groups excluding carboxylic acids is 1. The molecule has 3 N–H and O–H groups in total. The lowest BCUT2D eigenvalue weighted by Crippen LogP contribution is -2.24. The van der Waals surface area contributed by atoms with E-state index in [1.165, 1.54) is 37.7 Å². The molecule has 1 saturated heterocycles. The van der Waals surface area contributed by atoms with E-state index in [0.717, 1.165) is 12.1 Å². The Hall–Kier alpha value is -2.47. The predicted molar refractivity (Wildman–Crippen MR) is 93.3 cm³/mol. The lowest BCUT2D eigenvalue weighted by atomic mass is 10.1. The van der Waals surface area contributed by atoms with Gasteiger partial charge in [0.15, 0.2) is 0 Å². The van der Waals surface area contributed by atoms with E-state index in [1.54, 1.807) is 6.92 Å². The van der Waals surface area contributed by atoms with Crippen LogP contribution in [0.1, 0.15) is 40.0 Å². The van der Waals surface area contributed by atoms with Gasteiger partial charge in [-0.25, -0.2) is 9.97 Å². The molecule has 1 aromatic carbocycles. The number of carbonyl (C=O) groups is 1. The normalized spacial score (nSPS) is 14.7. The van der Waals surface area contributed by atoms with E-state index < -0.39 is 0 Å². The number of hydrogen-bond acceptors (Lipinski definition) is 5. The molecule has 1 fully saturated rings. The highest BCUT2D eigenvalue weighted by Crippen LogP contribution is 2.13. The van der Waals surface area contributed by atoms with Crippen LogP contribution in [0.4, 0.5) is 5.95 Å². The molecule has 1 aliphatic heterocycles. The fraction of sp³-hybridized carbons (Fsp3) is 0.389. The summed E-state index contributed by atoms with van der Waals surface area (Å²) >= 11 is 0. The maximum atomic E-state index is 12.2. The van der Waals surface area contributed by atoms with Gasteiger partial charge in [-0.3, -0.25) is 9.69 Å². The highest BCUT2D eigenvalue weighted by Gasteiger charge is 2.12. The van der Waals surface area contributed by atoms with E-state index in [4.69, 9.17) is 5.73 Å². The summed E-state index contributed by atoms with van der Waals surface area (Å²) in [5.41, 5.74) is 8.93. The molecule has 6 nitrogen and oxygen atoms in total. The fourth-order valence-corrected chi connectivity index (χ4v) is 2.95. The molecule has 2 heterocycles. The first-order chi connectivity index (χ1) is 11.6. The summed E-state index contributed by atoms with van der Waals surface area (Å²) in [6, 6.07) is 8.41. The van der Waals surface area contributed by atoms with Crippen molar-refractivity contribution >= 4 is 11.9 Å². The first-order valence-corrected chi connectivity index (χ1v) is 8.29. The second kappa shape index (κ2) is 7.40. The van der Waals surface area contributed by atoms with E-state index in [0.29, 0.717) is 17.8 Å². The molecule has 0 unspecified atom stereocenters. The van der Waals surface area contributed by atoms with Gasteiger partial charge >= 0.3 is 0 Å². The number of aromatic nitrogens is 2. The summed E-state index contributed by atoms with van der Waals surface area (Å²) in [7, 11) is 0. The van der Waals surface area contributed by atoms with Crippen LogP contribution in [-0.2, 0) is 13.1 Å². The van der Waals surface area contributed by atoms with Crippen molar-refractivity contribution in [1.29, 1.82) is 0 Å². The second-order valence-corrected chi connectivity index (χ2v) is 6.21. The molecule has 2 aromatic rings. The molecule has 0 aliphatic carbocycles. The SMILES string of the molecule is Cc1nc(N)ncc1C(=O)NCc1ccc(CN2CCCC2)cc1. The molecule has 3 rings (SSSR count). The minimum atomic E-state index is -0.186. The molecule has 1 aromatic heterocycles. The smallest absolute Gasteiger partial charge is 0.254 e. The van der Waals surface area contributed by atoms with E-state index >= 15 is 0 Å². The van der Waals surface area contributed by atoms with Gasteiger partial charge in [-0.05, 0) is 44.0 Å². The van der Waals surface area contributed by atoms with Crippen molar-refractivity contribution in [2.75, 3.05) is 18.8 Å². The van der Waals surface area contributed by atoms with Gasteiger partial charge in [-0.1, -0.05) is 24.3 Å². The van der Waals surface area contributed by atoms with Crippen molar-refractivity contribution < 1.29 is 4.79 Å². The summed E-state index contributed by atoms with van der Waals surface area (Å²) < 4.78 is 0. The molecular formula is C18H23N5O. The highest BCUT2D eigenvalue weighted by atomic mass is 16.1. The van der Waals surface area contributed by atoms with E-state index in [-0.39, 0.29) is 11.9 Å². The maximum Gasteiger partial charge on any atom is 0.254 e. The largest absolute Gasteiger partial charge is 0.368 e. The fourth-order valence-electron chi connectivity index (χ4n) is 2.95. The Kier molecular flexibility index (Phi) is 5.05. The minimum Gasteiger partial charge on any atom is -0.368 e. The molecule has 0 atom stereocenters. The van der Waals surface area contributed by atoms with E-state index in [9.17, 15) is 4.79 Å².